The topological polar surface area (TPSA) is 48.5 Å². The van der Waals surface area contributed by atoms with Gasteiger partial charge in [-0.05, 0) is 35.4 Å². The molecule has 34 heavy (non-hydrogen) atoms. The lowest BCUT2D eigenvalue weighted by atomic mass is 10.1. The van der Waals surface area contributed by atoms with Crippen molar-refractivity contribution in [1.29, 1.82) is 0 Å². The molecule has 4 aromatic rings. The molecule has 1 amide bonds. The van der Waals surface area contributed by atoms with Gasteiger partial charge in [0.1, 0.15) is 0 Å². The number of piperazine rings is 1. The molecule has 2 heterocycles. The Morgan fingerprint density at radius 1 is 0.882 bits per heavy atom. The Labute approximate surface area is 208 Å². The molecule has 0 atom stereocenters. The van der Waals surface area contributed by atoms with Crippen LogP contribution in [0.5, 0.6) is 0 Å². The first-order chi connectivity index (χ1) is 16.7. The van der Waals surface area contributed by atoms with E-state index < -0.39 is 0 Å². The summed E-state index contributed by atoms with van der Waals surface area (Å²) in [6, 6.07) is 27.2. The summed E-state index contributed by atoms with van der Waals surface area (Å²) in [4.78, 5) is 22.1. The average molecular weight is 489 g/mol. The van der Waals surface area contributed by atoms with Crippen molar-refractivity contribution < 1.29 is 4.79 Å². The minimum absolute atomic E-state index is 0.0375. The van der Waals surface area contributed by atoms with Crippen LogP contribution in [-0.2, 0) is 17.9 Å². The molecule has 1 aliphatic heterocycles. The van der Waals surface area contributed by atoms with Gasteiger partial charge in [-0.25, -0.2) is 4.98 Å². The lowest BCUT2D eigenvalue weighted by Crippen LogP contribution is -2.46. The minimum atomic E-state index is 0.0375. The molecule has 1 fully saturated rings. The third-order valence-electron chi connectivity index (χ3n) is 6.08. The number of fused-ring (bicyclic) bond motifs is 1. The fraction of sp³-hybridized carbons (Fsp3) is 0.259. The molecule has 7 heteroatoms. The number of nitrogens with one attached hydrogen (secondary N) is 1. The number of anilines is 1. The molecule has 5 rings (SSSR count). The van der Waals surface area contributed by atoms with Crippen molar-refractivity contribution in [3.8, 4) is 0 Å². The highest BCUT2D eigenvalue weighted by molar-refractivity contribution is 8.01. The fourth-order valence-corrected chi connectivity index (χ4v) is 6.11. The van der Waals surface area contributed by atoms with Crippen molar-refractivity contribution in [2.24, 2.45) is 0 Å². The van der Waals surface area contributed by atoms with Crippen LogP contribution in [-0.4, -0.2) is 47.7 Å². The molecule has 1 aliphatic rings. The molecule has 0 aliphatic carbocycles. The molecular formula is C27H28N4OS2. The summed E-state index contributed by atoms with van der Waals surface area (Å²) in [5.74, 6) is 0.416. The number of thiazole rings is 1. The summed E-state index contributed by atoms with van der Waals surface area (Å²) in [5, 5.41) is 3.10. The first-order valence-corrected chi connectivity index (χ1v) is 13.4. The van der Waals surface area contributed by atoms with Crippen LogP contribution in [0.4, 0.5) is 5.69 Å². The van der Waals surface area contributed by atoms with Gasteiger partial charge >= 0.3 is 0 Å². The number of nitrogens with zero attached hydrogens (tertiary/aromatic N) is 3. The number of carbonyl (C=O) groups excluding carboxylic acids is 1. The third kappa shape index (κ3) is 5.78. The second-order valence-electron chi connectivity index (χ2n) is 8.38. The zero-order chi connectivity index (χ0) is 23.2. The van der Waals surface area contributed by atoms with Crippen molar-refractivity contribution in [2.45, 2.75) is 17.4 Å². The van der Waals surface area contributed by atoms with Crippen LogP contribution in [0.1, 0.15) is 11.1 Å². The Morgan fingerprint density at radius 2 is 1.59 bits per heavy atom. The lowest BCUT2D eigenvalue weighted by Gasteiger charge is -2.36. The van der Waals surface area contributed by atoms with Crippen molar-refractivity contribution in [3.63, 3.8) is 0 Å². The zero-order valence-electron chi connectivity index (χ0n) is 19.0. The highest BCUT2D eigenvalue weighted by Gasteiger charge is 2.18. The predicted molar refractivity (Wildman–Crippen MR) is 143 cm³/mol. The monoisotopic (exact) mass is 488 g/mol. The van der Waals surface area contributed by atoms with Gasteiger partial charge in [-0.1, -0.05) is 66.4 Å². The van der Waals surface area contributed by atoms with E-state index in [0.29, 0.717) is 12.3 Å². The molecule has 0 unspecified atom stereocenters. The van der Waals surface area contributed by atoms with Gasteiger partial charge in [-0.15, -0.1) is 11.3 Å². The van der Waals surface area contributed by atoms with Gasteiger partial charge < -0.3 is 10.2 Å². The number of aromatic nitrogens is 1. The number of para-hydroxylation sites is 2. The van der Waals surface area contributed by atoms with Gasteiger partial charge in [-0.2, -0.15) is 0 Å². The quantitative estimate of drug-likeness (QED) is 0.353. The molecule has 0 spiro atoms. The van der Waals surface area contributed by atoms with Crippen molar-refractivity contribution >= 4 is 44.9 Å². The van der Waals surface area contributed by atoms with Gasteiger partial charge in [-0.3, -0.25) is 9.69 Å². The van der Waals surface area contributed by atoms with Gasteiger partial charge in [0, 0.05) is 45.0 Å². The molecule has 1 N–H and O–H groups in total. The van der Waals surface area contributed by atoms with E-state index in [4.69, 9.17) is 0 Å². The molecule has 1 aromatic heterocycles. The standard InChI is InChI=1S/C27H28N4OS2/c32-26(20-33-27-29-24-12-6-7-13-25(24)34-27)28-18-21-8-4-5-9-22(21)19-30-14-16-31(17-15-30)23-10-2-1-3-11-23/h1-13H,14-20H2,(H,28,32). The summed E-state index contributed by atoms with van der Waals surface area (Å²) in [5.41, 5.74) is 4.77. The maximum Gasteiger partial charge on any atom is 0.230 e. The molecule has 5 nitrogen and oxygen atoms in total. The van der Waals surface area contributed by atoms with Crippen molar-refractivity contribution in [1.82, 2.24) is 15.2 Å². The Morgan fingerprint density at radius 3 is 2.38 bits per heavy atom. The number of thioether (sulfide) groups is 1. The number of amides is 1. The Hall–Kier alpha value is -2.87. The summed E-state index contributed by atoms with van der Waals surface area (Å²) in [6.07, 6.45) is 0. The number of rotatable bonds is 8. The predicted octanol–water partition coefficient (Wildman–Crippen LogP) is 5.03. The number of benzene rings is 3. The molecule has 0 bridgehead atoms. The Bertz CT molecular complexity index is 1200. The van der Waals surface area contributed by atoms with Crippen LogP contribution in [0.25, 0.3) is 10.2 Å². The average Bonchev–Trinajstić information content (AvgIpc) is 3.31. The number of carbonyl (C=O) groups is 1. The van der Waals surface area contributed by atoms with E-state index in [1.165, 1.54) is 28.6 Å². The second-order valence-corrected chi connectivity index (χ2v) is 10.6. The summed E-state index contributed by atoms with van der Waals surface area (Å²) < 4.78 is 2.09. The van der Waals surface area contributed by atoms with E-state index in [9.17, 15) is 4.79 Å². The number of hydrogen-bond acceptors (Lipinski definition) is 6. The van der Waals surface area contributed by atoms with Gasteiger partial charge in [0.15, 0.2) is 4.34 Å². The normalized spacial score (nSPS) is 14.4. The Kier molecular flexibility index (Phi) is 7.43. The highest BCUT2D eigenvalue weighted by Crippen LogP contribution is 2.29. The van der Waals surface area contributed by atoms with E-state index in [-0.39, 0.29) is 5.91 Å². The van der Waals surface area contributed by atoms with Crippen molar-refractivity contribution in [3.05, 3.63) is 90.0 Å². The SMILES string of the molecule is O=C(CSc1nc2ccccc2s1)NCc1ccccc1CN1CCN(c2ccccc2)CC1. The van der Waals surface area contributed by atoms with Crippen LogP contribution < -0.4 is 10.2 Å². The van der Waals surface area contributed by atoms with E-state index >= 15 is 0 Å². The van der Waals surface area contributed by atoms with Crippen LogP contribution in [0.15, 0.2) is 83.2 Å². The van der Waals surface area contributed by atoms with Crippen LogP contribution in [0.2, 0.25) is 0 Å². The van der Waals surface area contributed by atoms with Crippen LogP contribution in [0, 0.1) is 0 Å². The molecule has 0 radical (unpaired) electrons. The fourth-order valence-electron chi connectivity index (χ4n) is 4.21. The number of hydrogen-bond donors (Lipinski definition) is 1. The molecule has 174 valence electrons. The third-order valence-corrected chi connectivity index (χ3v) is 8.26. The molecule has 0 saturated carbocycles. The molecular weight excluding hydrogens is 460 g/mol. The van der Waals surface area contributed by atoms with E-state index in [1.54, 1.807) is 11.3 Å². The summed E-state index contributed by atoms with van der Waals surface area (Å²) in [7, 11) is 0. The second kappa shape index (κ2) is 11.0. The van der Waals surface area contributed by atoms with Crippen LogP contribution >= 0.6 is 23.1 Å². The smallest absolute Gasteiger partial charge is 0.230 e. The molecule has 1 saturated heterocycles. The summed E-state index contributed by atoms with van der Waals surface area (Å²) >= 11 is 3.14. The highest BCUT2D eigenvalue weighted by atomic mass is 32.2. The van der Waals surface area contributed by atoms with E-state index in [1.807, 2.05) is 24.3 Å². The van der Waals surface area contributed by atoms with E-state index in [0.717, 1.165) is 47.3 Å². The summed E-state index contributed by atoms with van der Waals surface area (Å²) in [6.45, 7) is 5.61. The Balaban J connectivity index is 1.11. The van der Waals surface area contributed by atoms with Gasteiger partial charge in [0.25, 0.3) is 0 Å². The van der Waals surface area contributed by atoms with E-state index in [2.05, 4.69) is 74.7 Å². The van der Waals surface area contributed by atoms with Gasteiger partial charge in [0.05, 0.1) is 16.0 Å². The van der Waals surface area contributed by atoms with Gasteiger partial charge in [0.2, 0.25) is 5.91 Å². The molecule has 3 aromatic carbocycles. The largest absolute Gasteiger partial charge is 0.369 e. The maximum atomic E-state index is 12.5. The van der Waals surface area contributed by atoms with Crippen LogP contribution in [0.3, 0.4) is 0 Å². The first-order valence-electron chi connectivity index (χ1n) is 11.6. The minimum Gasteiger partial charge on any atom is -0.369 e. The maximum absolute atomic E-state index is 12.5. The van der Waals surface area contributed by atoms with Crippen molar-refractivity contribution in [2.75, 3.05) is 36.8 Å². The zero-order valence-corrected chi connectivity index (χ0v) is 20.7. The lowest BCUT2D eigenvalue weighted by molar-refractivity contribution is -0.118. The first kappa shape index (κ1) is 22.9.